The van der Waals surface area contributed by atoms with E-state index in [0.29, 0.717) is 5.56 Å². The fourth-order valence-electron chi connectivity index (χ4n) is 1.32. The molecule has 1 aromatic carbocycles. The lowest BCUT2D eigenvalue weighted by molar-refractivity contribution is 0.0945. The molecule has 0 aliphatic heterocycles. The van der Waals surface area contributed by atoms with Crippen LogP contribution in [0.3, 0.4) is 0 Å². The quantitative estimate of drug-likeness (QED) is 0.871. The molecule has 0 atom stereocenters. The highest BCUT2D eigenvalue weighted by Crippen LogP contribution is 2.05. The Morgan fingerprint density at radius 2 is 2.12 bits per heavy atom. The fraction of sp³-hybridized carbons (Fsp3) is 0.0833. The lowest BCUT2D eigenvalue weighted by Crippen LogP contribution is -2.24. The summed E-state index contributed by atoms with van der Waals surface area (Å²) in [7, 11) is 0. The lowest BCUT2D eigenvalue weighted by atomic mass is 10.2. The minimum absolute atomic E-state index is 0.127. The zero-order valence-electron chi connectivity index (χ0n) is 8.93. The normalized spacial score (nSPS) is 9.94. The van der Waals surface area contributed by atoms with Crippen molar-refractivity contribution < 1.29 is 9.18 Å². The Bertz CT molecular complexity index is 516. The summed E-state index contributed by atoms with van der Waals surface area (Å²) in [5.74, 6) is -0.715. The van der Waals surface area contributed by atoms with Crippen LogP contribution in [0, 0.1) is 5.82 Å². The van der Waals surface area contributed by atoms with E-state index in [4.69, 9.17) is 0 Å². The minimum Gasteiger partial charge on any atom is -0.346 e. The molecule has 4 nitrogen and oxygen atoms in total. The highest BCUT2D eigenvalue weighted by atomic mass is 19.1. The number of carbonyl (C=O) groups excluding carboxylic acids is 1. The van der Waals surface area contributed by atoms with Gasteiger partial charge >= 0.3 is 0 Å². The molecule has 0 unspecified atom stereocenters. The lowest BCUT2D eigenvalue weighted by Gasteiger charge is -2.05. The SMILES string of the molecule is O=C(NCc1ccccc1F)c1cnccn1. The average molecular weight is 231 g/mol. The molecule has 2 aromatic rings. The van der Waals surface area contributed by atoms with Crippen molar-refractivity contribution in [2.75, 3.05) is 0 Å². The van der Waals surface area contributed by atoms with Crippen molar-refractivity contribution in [1.82, 2.24) is 15.3 Å². The van der Waals surface area contributed by atoms with Gasteiger partial charge in [0.2, 0.25) is 0 Å². The van der Waals surface area contributed by atoms with Crippen LogP contribution in [0.2, 0.25) is 0 Å². The van der Waals surface area contributed by atoms with Crippen LogP contribution in [-0.2, 0) is 6.54 Å². The van der Waals surface area contributed by atoms with Crippen LogP contribution < -0.4 is 5.32 Å². The number of benzene rings is 1. The van der Waals surface area contributed by atoms with E-state index in [1.807, 2.05) is 0 Å². The van der Waals surface area contributed by atoms with E-state index in [1.54, 1.807) is 18.2 Å². The summed E-state index contributed by atoms with van der Waals surface area (Å²) in [6.07, 6.45) is 4.27. The molecule has 0 spiro atoms. The van der Waals surface area contributed by atoms with Crippen molar-refractivity contribution >= 4 is 5.91 Å². The highest BCUT2D eigenvalue weighted by molar-refractivity contribution is 5.91. The minimum atomic E-state index is -0.374. The van der Waals surface area contributed by atoms with Crippen LogP contribution in [0.15, 0.2) is 42.9 Å². The fourth-order valence-corrected chi connectivity index (χ4v) is 1.32. The zero-order valence-corrected chi connectivity index (χ0v) is 8.93. The number of halogens is 1. The predicted molar refractivity (Wildman–Crippen MR) is 59.6 cm³/mol. The molecule has 1 heterocycles. The molecule has 1 N–H and O–H groups in total. The van der Waals surface area contributed by atoms with Crippen LogP contribution >= 0.6 is 0 Å². The van der Waals surface area contributed by atoms with E-state index >= 15 is 0 Å². The van der Waals surface area contributed by atoms with Gasteiger partial charge in [-0.2, -0.15) is 0 Å². The van der Waals surface area contributed by atoms with E-state index in [-0.39, 0.29) is 24.0 Å². The highest BCUT2D eigenvalue weighted by Gasteiger charge is 2.07. The van der Waals surface area contributed by atoms with E-state index in [2.05, 4.69) is 15.3 Å². The van der Waals surface area contributed by atoms with Crippen molar-refractivity contribution in [1.29, 1.82) is 0 Å². The molecule has 2 rings (SSSR count). The molecule has 0 radical (unpaired) electrons. The summed E-state index contributed by atoms with van der Waals surface area (Å²) in [6.45, 7) is 0.127. The van der Waals surface area contributed by atoms with E-state index < -0.39 is 0 Å². The third-order valence-electron chi connectivity index (χ3n) is 2.19. The smallest absolute Gasteiger partial charge is 0.271 e. The Balaban J connectivity index is 2.00. The number of amides is 1. The maximum Gasteiger partial charge on any atom is 0.271 e. The topological polar surface area (TPSA) is 54.9 Å². The molecular formula is C12H10FN3O. The molecule has 0 bridgehead atoms. The van der Waals surface area contributed by atoms with E-state index in [9.17, 15) is 9.18 Å². The first-order valence-electron chi connectivity index (χ1n) is 5.05. The summed E-state index contributed by atoms with van der Waals surface area (Å²) in [4.78, 5) is 19.2. The third kappa shape index (κ3) is 2.84. The van der Waals surface area contributed by atoms with Gasteiger partial charge in [0.1, 0.15) is 11.5 Å². The second-order valence-electron chi connectivity index (χ2n) is 3.36. The molecule has 17 heavy (non-hydrogen) atoms. The molecular weight excluding hydrogens is 221 g/mol. The van der Waals surface area contributed by atoms with Gasteiger partial charge in [-0.05, 0) is 6.07 Å². The first-order valence-corrected chi connectivity index (χ1v) is 5.05. The van der Waals surface area contributed by atoms with Gasteiger partial charge in [-0.3, -0.25) is 9.78 Å². The first kappa shape index (κ1) is 11.2. The first-order chi connectivity index (χ1) is 8.27. The number of hydrogen-bond donors (Lipinski definition) is 1. The number of aromatic nitrogens is 2. The van der Waals surface area contributed by atoms with Crippen molar-refractivity contribution in [2.45, 2.75) is 6.54 Å². The Morgan fingerprint density at radius 1 is 1.29 bits per heavy atom. The Morgan fingerprint density at radius 3 is 2.82 bits per heavy atom. The average Bonchev–Trinajstić information content (AvgIpc) is 2.38. The number of rotatable bonds is 3. The molecule has 0 aliphatic carbocycles. The number of nitrogens with zero attached hydrogens (tertiary/aromatic N) is 2. The molecule has 86 valence electrons. The number of hydrogen-bond acceptors (Lipinski definition) is 3. The van der Waals surface area contributed by atoms with Crippen molar-refractivity contribution in [3.05, 3.63) is 59.9 Å². The molecule has 5 heteroatoms. The van der Waals surface area contributed by atoms with Crippen LogP contribution in [0.4, 0.5) is 4.39 Å². The van der Waals surface area contributed by atoms with Gasteiger partial charge in [-0.1, -0.05) is 18.2 Å². The largest absolute Gasteiger partial charge is 0.346 e. The summed E-state index contributed by atoms with van der Waals surface area (Å²) in [5, 5.41) is 2.57. The molecule has 1 amide bonds. The van der Waals surface area contributed by atoms with Gasteiger partial charge in [0.25, 0.3) is 5.91 Å². The van der Waals surface area contributed by atoms with Gasteiger partial charge in [-0.15, -0.1) is 0 Å². The van der Waals surface area contributed by atoms with Gasteiger partial charge in [-0.25, -0.2) is 9.37 Å². The Labute approximate surface area is 97.5 Å². The molecule has 0 saturated heterocycles. The van der Waals surface area contributed by atoms with Crippen LogP contribution in [0.5, 0.6) is 0 Å². The van der Waals surface area contributed by atoms with Gasteiger partial charge in [0, 0.05) is 24.5 Å². The Kier molecular flexibility index (Phi) is 3.40. The monoisotopic (exact) mass is 231 g/mol. The van der Waals surface area contributed by atoms with Gasteiger partial charge in [0.15, 0.2) is 0 Å². The summed E-state index contributed by atoms with van der Waals surface area (Å²) >= 11 is 0. The number of nitrogens with one attached hydrogen (secondary N) is 1. The van der Waals surface area contributed by atoms with Crippen LogP contribution in [0.25, 0.3) is 0 Å². The molecule has 0 fully saturated rings. The summed E-state index contributed by atoms with van der Waals surface area (Å²) in [5.41, 5.74) is 0.647. The Hall–Kier alpha value is -2.30. The van der Waals surface area contributed by atoms with E-state index in [1.165, 1.54) is 24.7 Å². The standard InChI is InChI=1S/C12H10FN3O/c13-10-4-2-1-3-9(10)7-16-12(17)11-8-14-5-6-15-11/h1-6,8H,7H2,(H,16,17). The van der Waals surface area contributed by atoms with E-state index in [0.717, 1.165) is 0 Å². The van der Waals surface area contributed by atoms with Gasteiger partial charge < -0.3 is 5.32 Å². The van der Waals surface area contributed by atoms with Crippen LogP contribution in [0.1, 0.15) is 16.1 Å². The predicted octanol–water partition coefficient (Wildman–Crippen LogP) is 1.55. The van der Waals surface area contributed by atoms with Gasteiger partial charge in [0.05, 0.1) is 6.20 Å². The van der Waals surface area contributed by atoms with Crippen LogP contribution in [-0.4, -0.2) is 15.9 Å². The maximum atomic E-state index is 13.3. The maximum absolute atomic E-state index is 13.3. The summed E-state index contributed by atoms with van der Waals surface area (Å²) < 4.78 is 13.3. The number of carbonyl (C=O) groups is 1. The molecule has 1 aromatic heterocycles. The zero-order chi connectivity index (χ0) is 12.1. The van der Waals surface area contributed by atoms with Crippen molar-refractivity contribution in [3.8, 4) is 0 Å². The molecule has 0 aliphatic rings. The third-order valence-corrected chi connectivity index (χ3v) is 2.19. The second kappa shape index (κ2) is 5.16. The summed E-state index contributed by atoms with van der Waals surface area (Å²) in [6, 6.07) is 6.28. The van der Waals surface area contributed by atoms with Crippen molar-refractivity contribution in [3.63, 3.8) is 0 Å². The second-order valence-corrected chi connectivity index (χ2v) is 3.36. The van der Waals surface area contributed by atoms with Crippen molar-refractivity contribution in [2.24, 2.45) is 0 Å². The molecule has 0 saturated carbocycles.